The zero-order valence-electron chi connectivity index (χ0n) is 24.7. The summed E-state index contributed by atoms with van der Waals surface area (Å²) in [5.74, 6) is 0.524. The van der Waals surface area contributed by atoms with Gasteiger partial charge in [0.25, 0.3) is 10.0 Å². The van der Waals surface area contributed by atoms with Gasteiger partial charge in [-0.1, -0.05) is 48.5 Å². The second kappa shape index (κ2) is 13.4. The van der Waals surface area contributed by atoms with Crippen molar-refractivity contribution in [3.05, 3.63) is 102 Å². The van der Waals surface area contributed by atoms with E-state index in [1.165, 1.54) is 3.97 Å². The normalized spacial score (nSPS) is 13.7. The molecule has 0 N–H and O–H groups in total. The lowest BCUT2D eigenvalue weighted by atomic mass is 10.0. The van der Waals surface area contributed by atoms with E-state index in [1.807, 2.05) is 48.5 Å². The Morgan fingerprint density at radius 3 is 2.40 bits per heavy atom. The maximum absolute atomic E-state index is 14.2. The molecule has 226 valence electrons. The van der Waals surface area contributed by atoms with Gasteiger partial charge in [-0.15, -0.1) is 0 Å². The third kappa shape index (κ3) is 6.32. The van der Waals surface area contributed by atoms with Crippen molar-refractivity contribution in [1.29, 1.82) is 10.5 Å². The molecule has 3 aromatic carbocycles. The fourth-order valence-corrected chi connectivity index (χ4v) is 7.21. The van der Waals surface area contributed by atoms with Crippen LogP contribution in [-0.4, -0.2) is 36.7 Å². The number of nitriles is 2. The summed E-state index contributed by atoms with van der Waals surface area (Å²) in [5, 5.41) is 19.5. The van der Waals surface area contributed by atoms with Gasteiger partial charge in [-0.25, -0.2) is 17.4 Å². The predicted molar refractivity (Wildman–Crippen MR) is 172 cm³/mol. The van der Waals surface area contributed by atoms with E-state index in [1.54, 1.807) is 42.6 Å². The van der Waals surface area contributed by atoms with Gasteiger partial charge in [0.1, 0.15) is 17.9 Å². The maximum Gasteiger partial charge on any atom is 0.269 e. The summed E-state index contributed by atoms with van der Waals surface area (Å²) in [4.78, 5) is 4.73. The number of hydrogen-bond acceptors (Lipinski definition) is 7. The topological polar surface area (TPSA) is 118 Å². The van der Waals surface area contributed by atoms with Crippen molar-refractivity contribution in [3.8, 4) is 40.3 Å². The Bertz CT molecular complexity index is 2000. The third-order valence-corrected chi connectivity index (χ3v) is 9.79. The molecule has 0 radical (unpaired) electrons. The zero-order valence-corrected chi connectivity index (χ0v) is 25.5. The Balaban J connectivity index is 1.45. The van der Waals surface area contributed by atoms with Crippen LogP contribution in [0.15, 0.2) is 96.0 Å². The van der Waals surface area contributed by atoms with Crippen LogP contribution in [0.4, 0.5) is 0 Å². The first-order valence-electron chi connectivity index (χ1n) is 15.1. The van der Waals surface area contributed by atoms with E-state index >= 15 is 0 Å². The van der Waals surface area contributed by atoms with Crippen LogP contribution in [0.5, 0.6) is 5.75 Å². The van der Waals surface area contributed by atoms with Gasteiger partial charge >= 0.3 is 0 Å². The molecule has 0 aliphatic carbocycles. The number of nitrogens with zero attached hydrogens (tertiary/aromatic N) is 4. The van der Waals surface area contributed by atoms with Crippen LogP contribution in [0.1, 0.15) is 43.2 Å². The Labute approximate surface area is 263 Å². The van der Waals surface area contributed by atoms with Crippen LogP contribution in [-0.2, 0) is 21.2 Å². The Kier molecular flexibility index (Phi) is 8.93. The Hall–Kier alpha value is -4.96. The van der Waals surface area contributed by atoms with Crippen LogP contribution in [0, 0.1) is 22.7 Å². The molecule has 0 spiro atoms. The molecule has 0 atom stereocenters. The monoisotopic (exact) mass is 616 g/mol. The molecule has 6 rings (SSSR count). The van der Waals surface area contributed by atoms with Crippen molar-refractivity contribution < 1.29 is 17.9 Å². The molecule has 8 nitrogen and oxygen atoms in total. The highest BCUT2D eigenvalue weighted by Crippen LogP contribution is 2.38. The maximum atomic E-state index is 14.2. The van der Waals surface area contributed by atoms with Gasteiger partial charge in [0, 0.05) is 30.8 Å². The van der Waals surface area contributed by atoms with Crippen LogP contribution >= 0.6 is 0 Å². The molecule has 0 amide bonds. The van der Waals surface area contributed by atoms with E-state index in [0.29, 0.717) is 47.7 Å². The summed E-state index contributed by atoms with van der Waals surface area (Å²) in [6, 6.07) is 29.8. The number of ether oxygens (including phenoxy) is 2. The smallest absolute Gasteiger partial charge is 0.269 e. The first-order valence-corrected chi connectivity index (χ1v) is 16.5. The summed E-state index contributed by atoms with van der Waals surface area (Å²) in [6.07, 6.45) is 6.26. The van der Waals surface area contributed by atoms with Gasteiger partial charge in [0.2, 0.25) is 0 Å². The molecule has 45 heavy (non-hydrogen) atoms. The molecular formula is C36H32N4O4S. The highest BCUT2D eigenvalue weighted by Gasteiger charge is 2.26. The van der Waals surface area contributed by atoms with Crippen molar-refractivity contribution in [2.24, 2.45) is 0 Å². The molecule has 0 bridgehead atoms. The van der Waals surface area contributed by atoms with Crippen molar-refractivity contribution in [2.45, 2.75) is 49.5 Å². The zero-order chi connectivity index (χ0) is 31.2. The predicted octanol–water partition coefficient (Wildman–Crippen LogP) is 7.27. The van der Waals surface area contributed by atoms with Crippen LogP contribution < -0.4 is 4.74 Å². The number of unbranched alkanes of at least 4 members (excludes halogenated alkanes) is 2. The lowest BCUT2D eigenvalue weighted by molar-refractivity contribution is 0.0254. The van der Waals surface area contributed by atoms with Gasteiger partial charge < -0.3 is 9.47 Å². The number of fused-ring (bicyclic) bond motifs is 1. The second-order valence-corrected chi connectivity index (χ2v) is 12.8. The first kappa shape index (κ1) is 30.1. The highest BCUT2D eigenvalue weighted by atomic mass is 32.2. The lowest BCUT2D eigenvalue weighted by Gasteiger charge is -2.23. The van der Waals surface area contributed by atoms with Gasteiger partial charge in [-0.05, 0) is 77.9 Å². The molecule has 1 saturated heterocycles. The van der Waals surface area contributed by atoms with Crippen LogP contribution in [0.3, 0.4) is 0 Å². The number of aromatic nitrogens is 2. The minimum Gasteiger partial charge on any atom is -0.489 e. The SMILES string of the molecule is N#CCCCCc1ccc(-c2cc3c(-c4ccc(OC5CCOCC5)c(C#N)c4)ccnc3n2S(=O)(=O)c2ccccc2)cc1. The third-order valence-electron chi connectivity index (χ3n) is 8.07. The van der Waals surface area contributed by atoms with Crippen LogP contribution in [0.2, 0.25) is 0 Å². The summed E-state index contributed by atoms with van der Waals surface area (Å²) in [7, 11) is -4.03. The summed E-state index contributed by atoms with van der Waals surface area (Å²) >= 11 is 0. The number of aryl methyl sites for hydroxylation is 1. The van der Waals surface area contributed by atoms with Crippen LogP contribution in [0.25, 0.3) is 33.4 Å². The van der Waals surface area contributed by atoms with E-state index in [0.717, 1.165) is 54.4 Å². The Morgan fingerprint density at radius 2 is 1.67 bits per heavy atom. The summed E-state index contributed by atoms with van der Waals surface area (Å²) in [6.45, 7) is 1.27. The molecule has 3 heterocycles. The molecule has 1 aliphatic heterocycles. The fraction of sp³-hybridized carbons (Fsp3) is 0.250. The molecule has 5 aromatic rings. The molecule has 1 fully saturated rings. The average molecular weight is 617 g/mol. The van der Waals surface area contributed by atoms with Gasteiger partial charge in [0.05, 0.1) is 35.4 Å². The first-order chi connectivity index (χ1) is 22.0. The van der Waals surface area contributed by atoms with Crippen molar-refractivity contribution >= 4 is 21.1 Å². The van der Waals surface area contributed by atoms with Crippen molar-refractivity contribution in [2.75, 3.05) is 13.2 Å². The number of hydrogen-bond donors (Lipinski definition) is 0. The number of rotatable bonds is 10. The number of pyridine rings is 1. The average Bonchev–Trinajstić information content (AvgIpc) is 3.49. The highest BCUT2D eigenvalue weighted by molar-refractivity contribution is 7.90. The summed E-state index contributed by atoms with van der Waals surface area (Å²) < 4.78 is 41.3. The second-order valence-electron chi connectivity index (χ2n) is 11.0. The molecule has 9 heteroatoms. The number of benzene rings is 3. The van der Waals surface area contributed by atoms with E-state index < -0.39 is 10.0 Å². The van der Waals surface area contributed by atoms with Gasteiger partial charge in [-0.3, -0.25) is 0 Å². The molecular weight excluding hydrogens is 584 g/mol. The van der Waals surface area contributed by atoms with Gasteiger partial charge in [-0.2, -0.15) is 10.5 Å². The minimum absolute atomic E-state index is 0.00643. The largest absolute Gasteiger partial charge is 0.489 e. The van der Waals surface area contributed by atoms with Crippen molar-refractivity contribution in [3.63, 3.8) is 0 Å². The molecule has 2 aromatic heterocycles. The van der Waals surface area contributed by atoms with Gasteiger partial charge in [0.15, 0.2) is 5.65 Å². The Morgan fingerprint density at radius 1 is 0.911 bits per heavy atom. The van der Waals surface area contributed by atoms with E-state index in [2.05, 4.69) is 17.1 Å². The lowest BCUT2D eigenvalue weighted by Crippen LogP contribution is -2.26. The van der Waals surface area contributed by atoms with Crippen molar-refractivity contribution in [1.82, 2.24) is 8.96 Å². The minimum atomic E-state index is -4.03. The molecule has 0 saturated carbocycles. The molecule has 0 unspecified atom stereocenters. The molecule has 1 aliphatic rings. The van der Waals surface area contributed by atoms with E-state index in [9.17, 15) is 13.7 Å². The van der Waals surface area contributed by atoms with E-state index in [4.69, 9.17) is 14.7 Å². The van der Waals surface area contributed by atoms with E-state index in [-0.39, 0.29) is 11.0 Å². The quantitative estimate of drug-likeness (QED) is 0.151. The summed E-state index contributed by atoms with van der Waals surface area (Å²) in [5.41, 5.74) is 4.57. The fourth-order valence-electron chi connectivity index (χ4n) is 5.71. The standard InChI is InChI=1S/C36H32N4O4S/c37-19-6-2-3-7-26-10-12-27(13-11-26)34-24-33-32(16-20-39-36(33)40(34)45(41,42)31-8-4-1-5-9-31)28-14-15-35(29(23-28)25-38)44-30-17-21-43-22-18-30/h1,4-5,8-16,20,23-24,30H,2-3,6-7,17-18,21-22H2.